The molecule has 0 spiro atoms. The normalized spacial score (nSPS) is 22.6. The van der Waals surface area contributed by atoms with E-state index in [4.69, 9.17) is 9.47 Å². The van der Waals surface area contributed by atoms with Gasteiger partial charge >= 0.3 is 0 Å². The molecule has 172 valence electrons. The standard InChI is InChI=1S/C32H26O3/c1-34-26-17-13-23(14-18-26)29-28(22-9-5-3-6-10-22)30(33)32(24-11-7-4-8-12-24)21-31(29,32)25-15-19-27(35-2)20-16-25/h3-20H,21H2,1-2H3. The minimum atomic E-state index is -0.636. The summed E-state index contributed by atoms with van der Waals surface area (Å²) < 4.78 is 10.9. The summed E-state index contributed by atoms with van der Waals surface area (Å²) in [6, 6.07) is 36.7. The number of carbonyl (C=O) groups excluding carboxylic acids is 1. The molecule has 2 aliphatic rings. The zero-order chi connectivity index (χ0) is 24.0. The van der Waals surface area contributed by atoms with Gasteiger partial charge in [0.05, 0.1) is 19.6 Å². The van der Waals surface area contributed by atoms with Gasteiger partial charge in [-0.1, -0.05) is 84.9 Å². The Hall–Kier alpha value is -4.11. The lowest BCUT2D eigenvalue weighted by Gasteiger charge is -2.23. The number of benzene rings is 4. The summed E-state index contributed by atoms with van der Waals surface area (Å²) in [4.78, 5) is 14.6. The van der Waals surface area contributed by atoms with Crippen LogP contribution in [0.4, 0.5) is 0 Å². The van der Waals surface area contributed by atoms with Gasteiger partial charge in [0.25, 0.3) is 0 Å². The molecule has 6 rings (SSSR count). The average molecular weight is 459 g/mol. The van der Waals surface area contributed by atoms with Crippen LogP contribution in [0.3, 0.4) is 0 Å². The van der Waals surface area contributed by atoms with E-state index in [1.165, 1.54) is 0 Å². The first kappa shape index (κ1) is 21.4. The molecule has 1 saturated carbocycles. The topological polar surface area (TPSA) is 35.5 Å². The predicted octanol–water partition coefficient (Wildman–Crippen LogP) is 6.48. The highest BCUT2D eigenvalue weighted by Gasteiger charge is 2.79. The number of fused-ring (bicyclic) bond motifs is 1. The van der Waals surface area contributed by atoms with Gasteiger partial charge in [-0.3, -0.25) is 4.79 Å². The number of methoxy groups -OCH3 is 2. The van der Waals surface area contributed by atoms with E-state index in [-0.39, 0.29) is 5.78 Å². The van der Waals surface area contributed by atoms with E-state index in [1.807, 2.05) is 72.8 Å². The van der Waals surface area contributed by atoms with E-state index >= 15 is 0 Å². The highest BCUT2D eigenvalue weighted by molar-refractivity contribution is 6.40. The summed E-state index contributed by atoms with van der Waals surface area (Å²) in [5.41, 5.74) is 5.00. The zero-order valence-corrected chi connectivity index (χ0v) is 19.8. The second-order valence-electron chi connectivity index (χ2n) is 9.26. The van der Waals surface area contributed by atoms with E-state index < -0.39 is 10.8 Å². The third-order valence-electron chi connectivity index (χ3n) is 7.72. The van der Waals surface area contributed by atoms with Crippen molar-refractivity contribution in [2.75, 3.05) is 14.2 Å². The molecule has 4 aromatic rings. The predicted molar refractivity (Wildman–Crippen MR) is 139 cm³/mol. The van der Waals surface area contributed by atoms with Crippen molar-refractivity contribution in [3.8, 4) is 11.5 Å². The average Bonchev–Trinajstić information content (AvgIpc) is 3.59. The summed E-state index contributed by atoms with van der Waals surface area (Å²) in [6.45, 7) is 0. The highest BCUT2D eigenvalue weighted by Crippen LogP contribution is 2.77. The number of allylic oxidation sites excluding steroid dienone is 2. The molecule has 0 aliphatic heterocycles. The van der Waals surface area contributed by atoms with E-state index in [0.717, 1.165) is 51.3 Å². The fraction of sp³-hybridized carbons (Fsp3) is 0.156. The molecule has 0 amide bonds. The molecule has 0 radical (unpaired) electrons. The second-order valence-corrected chi connectivity index (χ2v) is 9.26. The summed E-state index contributed by atoms with van der Waals surface area (Å²) in [6.07, 6.45) is 0.743. The first-order valence-corrected chi connectivity index (χ1v) is 11.9. The maximum absolute atomic E-state index is 14.6. The van der Waals surface area contributed by atoms with Gasteiger partial charge in [0.15, 0.2) is 5.78 Å². The van der Waals surface area contributed by atoms with Gasteiger partial charge in [-0.25, -0.2) is 0 Å². The Labute approximate surface area is 205 Å². The number of hydrogen-bond acceptors (Lipinski definition) is 3. The van der Waals surface area contributed by atoms with Crippen molar-refractivity contribution in [3.05, 3.63) is 131 Å². The monoisotopic (exact) mass is 458 g/mol. The molecule has 3 nitrogen and oxygen atoms in total. The first-order chi connectivity index (χ1) is 17.2. The largest absolute Gasteiger partial charge is 0.497 e. The van der Waals surface area contributed by atoms with Crippen molar-refractivity contribution in [2.24, 2.45) is 0 Å². The van der Waals surface area contributed by atoms with Crippen LogP contribution in [0, 0.1) is 0 Å². The molecule has 2 aliphatic carbocycles. The third-order valence-corrected chi connectivity index (χ3v) is 7.72. The molecule has 35 heavy (non-hydrogen) atoms. The summed E-state index contributed by atoms with van der Waals surface area (Å²) in [5, 5.41) is 0. The number of hydrogen-bond donors (Lipinski definition) is 0. The molecular formula is C32H26O3. The Balaban J connectivity index is 1.67. The maximum atomic E-state index is 14.6. The van der Waals surface area contributed by atoms with Crippen LogP contribution in [-0.4, -0.2) is 20.0 Å². The number of ketones is 1. The van der Waals surface area contributed by atoms with Crippen LogP contribution in [-0.2, 0) is 15.6 Å². The molecule has 0 N–H and O–H groups in total. The van der Waals surface area contributed by atoms with Crippen molar-refractivity contribution < 1.29 is 14.3 Å². The van der Waals surface area contributed by atoms with E-state index in [0.29, 0.717) is 0 Å². The van der Waals surface area contributed by atoms with Crippen LogP contribution < -0.4 is 9.47 Å². The smallest absolute Gasteiger partial charge is 0.175 e. The van der Waals surface area contributed by atoms with Crippen molar-refractivity contribution in [3.63, 3.8) is 0 Å². The molecule has 0 bridgehead atoms. The first-order valence-electron chi connectivity index (χ1n) is 11.9. The fourth-order valence-electron chi connectivity index (χ4n) is 6.07. The fourth-order valence-corrected chi connectivity index (χ4v) is 6.07. The van der Waals surface area contributed by atoms with Crippen molar-refractivity contribution in [1.82, 2.24) is 0 Å². The van der Waals surface area contributed by atoms with E-state index in [1.54, 1.807) is 14.2 Å². The molecule has 0 saturated heterocycles. The van der Waals surface area contributed by atoms with Gasteiger partial charge in [0, 0.05) is 11.0 Å². The lowest BCUT2D eigenvalue weighted by molar-refractivity contribution is -0.115. The molecule has 3 heteroatoms. The second kappa shape index (κ2) is 7.99. The van der Waals surface area contributed by atoms with Crippen LogP contribution in [0.25, 0.3) is 11.1 Å². The van der Waals surface area contributed by atoms with Crippen LogP contribution in [0.1, 0.15) is 28.7 Å². The van der Waals surface area contributed by atoms with Gasteiger partial charge in [-0.2, -0.15) is 0 Å². The number of ether oxygens (including phenoxy) is 2. The molecule has 0 heterocycles. The third kappa shape index (κ3) is 2.94. The number of Topliss-reactive ketones (excluding diaryl/α,β-unsaturated/α-hetero) is 1. The van der Waals surface area contributed by atoms with Gasteiger partial charge in [-0.15, -0.1) is 0 Å². The molecule has 4 aromatic carbocycles. The van der Waals surface area contributed by atoms with Crippen LogP contribution in [0.2, 0.25) is 0 Å². The van der Waals surface area contributed by atoms with Gasteiger partial charge in [0.2, 0.25) is 0 Å². The Bertz CT molecular complexity index is 1420. The number of carbonyl (C=O) groups is 1. The van der Waals surface area contributed by atoms with Crippen molar-refractivity contribution >= 4 is 16.9 Å². The Morgan fingerprint density at radius 1 is 0.571 bits per heavy atom. The molecule has 0 aromatic heterocycles. The SMILES string of the molecule is COc1ccc(C2=C(c3ccccc3)C(=O)C3(c4ccccc4)CC23c2ccc(OC)cc2)cc1. The minimum absolute atomic E-state index is 0.191. The molecular weight excluding hydrogens is 432 g/mol. The molecule has 2 atom stereocenters. The van der Waals surface area contributed by atoms with E-state index in [9.17, 15) is 4.79 Å². The Morgan fingerprint density at radius 2 is 1.09 bits per heavy atom. The van der Waals surface area contributed by atoms with Gasteiger partial charge in [0.1, 0.15) is 11.5 Å². The molecule has 1 fully saturated rings. The van der Waals surface area contributed by atoms with Gasteiger partial charge < -0.3 is 9.47 Å². The van der Waals surface area contributed by atoms with Crippen LogP contribution in [0.5, 0.6) is 11.5 Å². The maximum Gasteiger partial charge on any atom is 0.175 e. The van der Waals surface area contributed by atoms with Crippen molar-refractivity contribution in [2.45, 2.75) is 17.3 Å². The zero-order valence-electron chi connectivity index (χ0n) is 19.8. The van der Waals surface area contributed by atoms with Crippen molar-refractivity contribution in [1.29, 1.82) is 0 Å². The summed E-state index contributed by atoms with van der Waals surface area (Å²) >= 11 is 0. The quantitative estimate of drug-likeness (QED) is 0.332. The van der Waals surface area contributed by atoms with E-state index in [2.05, 4.69) is 36.4 Å². The summed E-state index contributed by atoms with van der Waals surface area (Å²) in [5.74, 6) is 1.79. The lowest BCUT2D eigenvalue weighted by Crippen LogP contribution is -2.25. The Morgan fingerprint density at radius 3 is 1.66 bits per heavy atom. The highest BCUT2D eigenvalue weighted by atomic mass is 16.5. The lowest BCUT2D eigenvalue weighted by atomic mass is 9.78. The number of rotatable bonds is 6. The van der Waals surface area contributed by atoms with Crippen LogP contribution >= 0.6 is 0 Å². The van der Waals surface area contributed by atoms with Crippen LogP contribution in [0.15, 0.2) is 109 Å². The summed E-state index contributed by atoms with van der Waals surface area (Å²) in [7, 11) is 3.34. The van der Waals surface area contributed by atoms with Gasteiger partial charge in [-0.05, 0) is 58.5 Å². The molecule has 2 unspecified atom stereocenters. The Kier molecular flexibility index (Phi) is 4.89. The minimum Gasteiger partial charge on any atom is -0.497 e.